The van der Waals surface area contributed by atoms with E-state index in [1.165, 1.54) is 12.1 Å². The molecule has 118 valence electrons. The first-order valence-corrected chi connectivity index (χ1v) is 6.81. The number of carbonyl (C=O) groups excluding carboxylic acids is 1. The quantitative estimate of drug-likeness (QED) is 0.616. The molecule has 0 aromatic heterocycles. The van der Waals surface area contributed by atoms with E-state index in [9.17, 15) is 18.0 Å². The molecule has 0 bridgehead atoms. The van der Waals surface area contributed by atoms with Gasteiger partial charge in [-0.05, 0) is 30.7 Å². The molecule has 0 N–H and O–H groups in total. The lowest BCUT2D eigenvalue weighted by atomic mass is 10.1. The van der Waals surface area contributed by atoms with Crippen LogP contribution < -0.4 is 0 Å². The highest BCUT2D eigenvalue weighted by Crippen LogP contribution is 2.31. The van der Waals surface area contributed by atoms with E-state index < -0.39 is 17.7 Å². The van der Waals surface area contributed by atoms with Crippen LogP contribution in [0.2, 0.25) is 0 Å². The van der Waals surface area contributed by atoms with Crippen molar-refractivity contribution >= 4 is 12.0 Å². The van der Waals surface area contributed by atoms with Crippen molar-refractivity contribution in [1.82, 2.24) is 0 Å². The molecule has 0 unspecified atom stereocenters. The van der Waals surface area contributed by atoms with Gasteiger partial charge in [-0.2, -0.15) is 13.2 Å². The molecule has 0 aliphatic carbocycles. The molecular formula is C16H15F3O3. The number of benzene rings is 1. The Bertz CT molecular complexity index is 615. The minimum Gasteiger partial charge on any atom is -0.466 e. The van der Waals surface area contributed by atoms with Crippen LogP contribution in [0.15, 0.2) is 41.9 Å². The van der Waals surface area contributed by atoms with E-state index in [1.54, 1.807) is 19.1 Å². The van der Waals surface area contributed by atoms with Crippen molar-refractivity contribution in [2.24, 2.45) is 0 Å². The number of allylic oxidation sites excluding steroid dienone is 2. The molecule has 1 fully saturated rings. The van der Waals surface area contributed by atoms with Crippen molar-refractivity contribution < 1.29 is 27.4 Å². The molecule has 1 aliphatic rings. The highest BCUT2D eigenvalue weighted by molar-refractivity contribution is 5.82. The number of hydrogen-bond donors (Lipinski definition) is 0. The Labute approximate surface area is 126 Å². The van der Waals surface area contributed by atoms with Gasteiger partial charge in [0.15, 0.2) is 0 Å². The summed E-state index contributed by atoms with van der Waals surface area (Å²) in [5.74, 6) is 0.490. The SMILES string of the molecule is CCOC(=O)/C=C1\CC/C(=C\c2cccc(C(F)(F)F)c2)O1. The van der Waals surface area contributed by atoms with Crippen molar-refractivity contribution in [2.75, 3.05) is 6.61 Å². The van der Waals surface area contributed by atoms with Crippen molar-refractivity contribution in [3.63, 3.8) is 0 Å². The second-order valence-electron chi connectivity index (χ2n) is 4.70. The van der Waals surface area contributed by atoms with E-state index in [-0.39, 0.29) is 6.61 Å². The Kier molecular flexibility index (Phi) is 4.90. The first-order valence-electron chi connectivity index (χ1n) is 6.81. The summed E-state index contributed by atoms with van der Waals surface area (Å²) < 4.78 is 48.2. The Morgan fingerprint density at radius 1 is 1.32 bits per heavy atom. The van der Waals surface area contributed by atoms with Crippen LogP contribution in [0.4, 0.5) is 13.2 Å². The minimum atomic E-state index is -4.37. The number of hydrogen-bond acceptors (Lipinski definition) is 3. The lowest BCUT2D eigenvalue weighted by Gasteiger charge is -2.07. The van der Waals surface area contributed by atoms with Gasteiger partial charge in [-0.15, -0.1) is 0 Å². The number of alkyl halides is 3. The molecule has 1 aromatic carbocycles. The van der Waals surface area contributed by atoms with E-state index in [2.05, 4.69) is 0 Å². The van der Waals surface area contributed by atoms with Gasteiger partial charge >= 0.3 is 12.1 Å². The number of esters is 1. The fourth-order valence-corrected chi connectivity index (χ4v) is 2.03. The van der Waals surface area contributed by atoms with Gasteiger partial charge in [0.2, 0.25) is 0 Å². The number of rotatable bonds is 3. The first kappa shape index (κ1) is 16.1. The molecule has 0 amide bonds. The average molecular weight is 312 g/mol. The zero-order chi connectivity index (χ0) is 16.2. The summed E-state index contributed by atoms with van der Waals surface area (Å²) in [7, 11) is 0. The van der Waals surface area contributed by atoms with Gasteiger partial charge in [-0.25, -0.2) is 4.79 Å². The smallest absolute Gasteiger partial charge is 0.416 e. The molecule has 1 saturated heterocycles. The summed E-state index contributed by atoms with van der Waals surface area (Å²) >= 11 is 0. The molecular weight excluding hydrogens is 297 g/mol. The molecule has 2 rings (SSSR count). The summed E-state index contributed by atoms with van der Waals surface area (Å²) in [5.41, 5.74) is -0.302. The summed E-state index contributed by atoms with van der Waals surface area (Å²) in [6.07, 6.45) is -0.525. The van der Waals surface area contributed by atoms with E-state index in [1.807, 2.05) is 0 Å². The van der Waals surface area contributed by atoms with Crippen LogP contribution in [-0.4, -0.2) is 12.6 Å². The highest BCUT2D eigenvalue weighted by Gasteiger charge is 2.30. The summed E-state index contributed by atoms with van der Waals surface area (Å²) in [6.45, 7) is 1.97. The predicted molar refractivity (Wildman–Crippen MR) is 74.5 cm³/mol. The highest BCUT2D eigenvalue weighted by atomic mass is 19.4. The summed E-state index contributed by atoms with van der Waals surface area (Å²) in [5, 5.41) is 0. The largest absolute Gasteiger partial charge is 0.466 e. The van der Waals surface area contributed by atoms with Gasteiger partial charge in [-0.1, -0.05) is 12.1 Å². The maximum Gasteiger partial charge on any atom is 0.416 e. The topological polar surface area (TPSA) is 35.5 Å². The normalized spacial score (nSPS) is 18.5. The van der Waals surface area contributed by atoms with Gasteiger partial charge in [0.05, 0.1) is 18.2 Å². The number of ether oxygens (including phenoxy) is 2. The lowest BCUT2D eigenvalue weighted by Crippen LogP contribution is -2.04. The zero-order valence-electron chi connectivity index (χ0n) is 11.9. The molecule has 1 heterocycles. The van der Waals surface area contributed by atoms with Gasteiger partial charge in [-0.3, -0.25) is 0 Å². The average Bonchev–Trinajstić information content (AvgIpc) is 2.85. The van der Waals surface area contributed by atoms with Crippen LogP contribution in [0.5, 0.6) is 0 Å². The standard InChI is InChI=1S/C16H15F3O3/c1-2-21-15(20)10-14-7-6-13(22-14)9-11-4-3-5-12(8-11)16(17,18)19/h3-5,8-10H,2,6-7H2,1H3/b13-9+,14-10+. The third-order valence-electron chi connectivity index (χ3n) is 2.99. The maximum absolute atomic E-state index is 12.6. The molecule has 0 spiro atoms. The third kappa shape index (κ3) is 4.38. The Morgan fingerprint density at radius 3 is 2.73 bits per heavy atom. The molecule has 22 heavy (non-hydrogen) atoms. The molecule has 0 atom stereocenters. The third-order valence-corrected chi connectivity index (χ3v) is 2.99. The maximum atomic E-state index is 12.6. The Balaban J connectivity index is 2.10. The van der Waals surface area contributed by atoms with Crippen molar-refractivity contribution in [3.8, 4) is 0 Å². The monoisotopic (exact) mass is 312 g/mol. The van der Waals surface area contributed by atoms with Gasteiger partial charge < -0.3 is 9.47 Å². The lowest BCUT2D eigenvalue weighted by molar-refractivity contribution is -0.138. The molecule has 0 saturated carbocycles. The molecule has 6 heteroatoms. The first-order chi connectivity index (χ1) is 10.4. The summed E-state index contributed by atoms with van der Waals surface area (Å²) in [6, 6.07) is 4.99. The van der Waals surface area contributed by atoms with Gasteiger partial charge in [0, 0.05) is 12.8 Å². The van der Waals surface area contributed by atoms with Crippen molar-refractivity contribution in [2.45, 2.75) is 25.9 Å². The Hall–Kier alpha value is -2.24. The van der Waals surface area contributed by atoms with Crippen LogP contribution in [-0.2, 0) is 20.4 Å². The van der Waals surface area contributed by atoms with E-state index in [4.69, 9.17) is 9.47 Å². The van der Waals surface area contributed by atoms with Crippen LogP contribution in [0.1, 0.15) is 30.9 Å². The Morgan fingerprint density at radius 2 is 2.05 bits per heavy atom. The minimum absolute atomic E-state index is 0.273. The molecule has 1 aromatic rings. The van der Waals surface area contributed by atoms with Crippen LogP contribution in [0.3, 0.4) is 0 Å². The van der Waals surface area contributed by atoms with Crippen LogP contribution in [0.25, 0.3) is 6.08 Å². The van der Waals surface area contributed by atoms with Crippen LogP contribution >= 0.6 is 0 Å². The van der Waals surface area contributed by atoms with Crippen molar-refractivity contribution in [1.29, 1.82) is 0 Å². The molecule has 0 radical (unpaired) electrons. The van der Waals surface area contributed by atoms with Crippen molar-refractivity contribution in [3.05, 3.63) is 53.0 Å². The molecule has 3 nitrogen and oxygen atoms in total. The van der Waals surface area contributed by atoms with Gasteiger partial charge in [0.1, 0.15) is 11.5 Å². The zero-order valence-corrected chi connectivity index (χ0v) is 11.9. The molecule has 1 aliphatic heterocycles. The summed E-state index contributed by atoms with van der Waals surface area (Å²) in [4.78, 5) is 11.3. The van der Waals surface area contributed by atoms with Gasteiger partial charge in [0.25, 0.3) is 0 Å². The fraction of sp³-hybridized carbons (Fsp3) is 0.312. The van der Waals surface area contributed by atoms with Crippen LogP contribution in [0, 0.1) is 0 Å². The number of halogens is 3. The van der Waals surface area contributed by atoms with E-state index in [0.717, 1.165) is 12.1 Å². The van der Waals surface area contributed by atoms with E-state index >= 15 is 0 Å². The number of carbonyl (C=O) groups is 1. The second kappa shape index (κ2) is 6.68. The fourth-order valence-electron chi connectivity index (χ4n) is 2.03. The predicted octanol–water partition coefficient (Wildman–Crippen LogP) is 4.30. The van der Waals surface area contributed by atoms with E-state index in [0.29, 0.717) is 29.9 Å². The second-order valence-corrected chi connectivity index (χ2v) is 4.70.